The summed E-state index contributed by atoms with van der Waals surface area (Å²) in [5, 5.41) is 0. The van der Waals surface area contributed by atoms with Gasteiger partial charge >= 0.3 is 0 Å². The van der Waals surface area contributed by atoms with Crippen LogP contribution < -0.4 is 10.6 Å². The first-order valence-corrected chi connectivity index (χ1v) is 12.1. The van der Waals surface area contributed by atoms with Crippen LogP contribution in [-0.4, -0.2) is 27.4 Å². The van der Waals surface area contributed by atoms with Crippen molar-refractivity contribution < 1.29 is 13.2 Å². The summed E-state index contributed by atoms with van der Waals surface area (Å²) in [4.78, 5) is 14.1. The zero-order valence-corrected chi connectivity index (χ0v) is 18.1. The molecule has 1 saturated heterocycles. The second-order valence-corrected chi connectivity index (χ2v) is 9.92. The van der Waals surface area contributed by atoms with Gasteiger partial charge in [-0.1, -0.05) is 60.7 Å². The number of carbonyl (C=O) groups excluding carboxylic acids is 1. The van der Waals surface area contributed by atoms with Gasteiger partial charge in [-0.3, -0.25) is 4.79 Å². The van der Waals surface area contributed by atoms with Crippen molar-refractivity contribution in [1.29, 1.82) is 0 Å². The lowest BCUT2D eigenvalue weighted by atomic mass is 9.89. The molecule has 6 heteroatoms. The van der Waals surface area contributed by atoms with Crippen LogP contribution in [0.25, 0.3) is 0 Å². The van der Waals surface area contributed by atoms with Crippen LogP contribution >= 0.6 is 0 Å². The van der Waals surface area contributed by atoms with Crippen LogP contribution in [0.1, 0.15) is 40.2 Å². The lowest BCUT2D eigenvalue weighted by molar-refractivity contribution is 0.0997. The van der Waals surface area contributed by atoms with Crippen molar-refractivity contribution in [2.75, 3.05) is 18.0 Å². The molecular formula is C25H26N2O3S. The maximum atomic E-state index is 13.2. The van der Waals surface area contributed by atoms with Gasteiger partial charge in [0.2, 0.25) is 5.91 Å². The minimum Gasteiger partial charge on any atom is -0.371 e. The monoisotopic (exact) mass is 434 g/mol. The molecule has 1 amide bonds. The molecule has 5 nitrogen and oxygen atoms in total. The molecule has 0 saturated carbocycles. The standard InChI is InChI=1S/C25H26N2O3S/c26-25(28)23-12-11-22(17-24(23)31(29,30)18-19-7-3-1-4-8-19)27-15-13-21(14-16-27)20-9-5-2-6-10-20/h1-12,17,21H,13-16,18H2,(H2,26,28). The summed E-state index contributed by atoms with van der Waals surface area (Å²) in [6.07, 6.45) is 1.99. The van der Waals surface area contributed by atoms with Crippen LogP contribution in [0.2, 0.25) is 0 Å². The van der Waals surface area contributed by atoms with E-state index in [0.29, 0.717) is 11.5 Å². The predicted molar refractivity (Wildman–Crippen MR) is 123 cm³/mol. The summed E-state index contributed by atoms with van der Waals surface area (Å²) in [6.45, 7) is 1.65. The van der Waals surface area contributed by atoms with E-state index < -0.39 is 15.7 Å². The third-order valence-electron chi connectivity index (χ3n) is 5.90. The minimum absolute atomic E-state index is 0.00605. The number of hydrogen-bond acceptors (Lipinski definition) is 4. The van der Waals surface area contributed by atoms with E-state index in [2.05, 4.69) is 29.2 Å². The first kappa shape index (κ1) is 21.1. The van der Waals surface area contributed by atoms with Crippen molar-refractivity contribution in [3.05, 3.63) is 95.6 Å². The number of hydrogen-bond donors (Lipinski definition) is 1. The van der Waals surface area contributed by atoms with E-state index in [1.807, 2.05) is 12.1 Å². The van der Waals surface area contributed by atoms with Gasteiger partial charge in [-0.15, -0.1) is 0 Å². The molecule has 1 heterocycles. The summed E-state index contributed by atoms with van der Waals surface area (Å²) in [7, 11) is -3.73. The Morgan fingerprint density at radius 1 is 0.903 bits per heavy atom. The SMILES string of the molecule is NC(=O)c1ccc(N2CCC(c3ccccc3)CC2)cc1S(=O)(=O)Cc1ccccc1. The number of rotatable bonds is 6. The lowest BCUT2D eigenvalue weighted by Crippen LogP contribution is -2.33. The first-order chi connectivity index (χ1) is 14.9. The Balaban J connectivity index is 1.58. The first-order valence-electron chi connectivity index (χ1n) is 10.4. The van der Waals surface area contributed by atoms with Crippen molar-refractivity contribution in [1.82, 2.24) is 0 Å². The van der Waals surface area contributed by atoms with Gasteiger partial charge in [0.1, 0.15) is 0 Å². The Morgan fingerprint density at radius 2 is 1.52 bits per heavy atom. The number of benzene rings is 3. The van der Waals surface area contributed by atoms with Crippen molar-refractivity contribution >= 4 is 21.4 Å². The van der Waals surface area contributed by atoms with E-state index in [-0.39, 0.29) is 16.2 Å². The van der Waals surface area contributed by atoms with Crippen LogP contribution in [0.15, 0.2) is 83.8 Å². The van der Waals surface area contributed by atoms with Gasteiger partial charge in [0.15, 0.2) is 9.84 Å². The number of nitrogens with two attached hydrogens (primary N) is 1. The van der Waals surface area contributed by atoms with Crippen molar-refractivity contribution in [3.8, 4) is 0 Å². The molecule has 0 atom stereocenters. The number of primary amides is 1. The van der Waals surface area contributed by atoms with Crippen LogP contribution in [0.5, 0.6) is 0 Å². The summed E-state index contributed by atoms with van der Waals surface area (Å²) in [5.41, 5.74) is 8.37. The quantitative estimate of drug-likeness (QED) is 0.632. The largest absolute Gasteiger partial charge is 0.371 e. The molecular weight excluding hydrogens is 408 g/mol. The Bertz CT molecular complexity index is 1150. The fourth-order valence-corrected chi connectivity index (χ4v) is 5.83. The third-order valence-corrected chi connectivity index (χ3v) is 7.62. The van der Waals surface area contributed by atoms with Gasteiger partial charge in [-0.2, -0.15) is 0 Å². The predicted octanol–water partition coefficient (Wildman–Crippen LogP) is 4.14. The normalized spacial score (nSPS) is 15.0. The van der Waals surface area contributed by atoms with Gasteiger partial charge in [-0.25, -0.2) is 8.42 Å². The van der Waals surface area contributed by atoms with E-state index >= 15 is 0 Å². The molecule has 31 heavy (non-hydrogen) atoms. The fraction of sp³-hybridized carbons (Fsp3) is 0.240. The summed E-state index contributed by atoms with van der Waals surface area (Å²) in [6, 6.07) is 24.4. The number of anilines is 1. The summed E-state index contributed by atoms with van der Waals surface area (Å²) in [5.74, 6) is -0.405. The third kappa shape index (κ3) is 4.80. The second kappa shape index (κ2) is 8.94. The van der Waals surface area contributed by atoms with E-state index in [4.69, 9.17) is 5.73 Å². The maximum Gasteiger partial charge on any atom is 0.250 e. The van der Waals surface area contributed by atoms with Crippen molar-refractivity contribution in [2.45, 2.75) is 29.4 Å². The van der Waals surface area contributed by atoms with Gasteiger partial charge in [-0.05, 0) is 48.1 Å². The maximum absolute atomic E-state index is 13.2. The Kier molecular flexibility index (Phi) is 6.09. The highest BCUT2D eigenvalue weighted by Gasteiger charge is 2.26. The Hall–Kier alpha value is -3.12. The molecule has 0 radical (unpaired) electrons. The molecule has 0 bridgehead atoms. The molecule has 0 unspecified atom stereocenters. The molecule has 1 fully saturated rings. The summed E-state index contributed by atoms with van der Waals surface area (Å²) >= 11 is 0. The van der Waals surface area contributed by atoms with Crippen LogP contribution in [0.3, 0.4) is 0 Å². The van der Waals surface area contributed by atoms with Gasteiger partial charge in [0.05, 0.1) is 16.2 Å². The number of piperidine rings is 1. The van der Waals surface area contributed by atoms with Crippen molar-refractivity contribution in [3.63, 3.8) is 0 Å². The highest BCUT2D eigenvalue weighted by atomic mass is 32.2. The topological polar surface area (TPSA) is 80.5 Å². The van der Waals surface area contributed by atoms with E-state index in [0.717, 1.165) is 31.6 Å². The fourth-order valence-electron chi connectivity index (χ4n) is 4.24. The molecule has 4 rings (SSSR count). The van der Waals surface area contributed by atoms with Gasteiger partial charge in [0, 0.05) is 18.8 Å². The number of carbonyl (C=O) groups is 1. The number of amides is 1. The highest BCUT2D eigenvalue weighted by molar-refractivity contribution is 7.90. The molecule has 3 aromatic carbocycles. The van der Waals surface area contributed by atoms with E-state index in [1.165, 1.54) is 5.56 Å². The Labute approximate surface area is 183 Å². The second-order valence-electron chi connectivity index (χ2n) is 7.96. The molecule has 160 valence electrons. The lowest BCUT2D eigenvalue weighted by Gasteiger charge is -2.34. The van der Waals surface area contributed by atoms with Gasteiger partial charge < -0.3 is 10.6 Å². The van der Waals surface area contributed by atoms with Crippen LogP contribution in [0, 0.1) is 0 Å². The average molecular weight is 435 g/mol. The molecule has 0 aliphatic carbocycles. The van der Waals surface area contributed by atoms with Crippen LogP contribution in [-0.2, 0) is 15.6 Å². The smallest absolute Gasteiger partial charge is 0.250 e. The number of nitrogens with zero attached hydrogens (tertiary/aromatic N) is 1. The molecule has 2 N–H and O–H groups in total. The van der Waals surface area contributed by atoms with Gasteiger partial charge in [0.25, 0.3) is 0 Å². The highest BCUT2D eigenvalue weighted by Crippen LogP contribution is 2.32. The zero-order valence-electron chi connectivity index (χ0n) is 17.3. The number of sulfone groups is 1. The Morgan fingerprint density at radius 3 is 2.13 bits per heavy atom. The van der Waals surface area contributed by atoms with E-state index in [9.17, 15) is 13.2 Å². The minimum atomic E-state index is -3.73. The molecule has 1 aliphatic heterocycles. The average Bonchev–Trinajstić information content (AvgIpc) is 2.80. The molecule has 1 aliphatic rings. The molecule has 3 aromatic rings. The van der Waals surface area contributed by atoms with E-state index in [1.54, 1.807) is 42.5 Å². The van der Waals surface area contributed by atoms with Crippen molar-refractivity contribution in [2.24, 2.45) is 5.73 Å². The van der Waals surface area contributed by atoms with Crippen LogP contribution in [0.4, 0.5) is 5.69 Å². The summed E-state index contributed by atoms with van der Waals surface area (Å²) < 4.78 is 26.3. The molecule has 0 aromatic heterocycles. The molecule has 0 spiro atoms. The zero-order chi connectivity index (χ0) is 21.8.